The Kier molecular flexibility index (Phi) is 5.27. The summed E-state index contributed by atoms with van der Waals surface area (Å²) in [5, 5.41) is -1.33. The summed E-state index contributed by atoms with van der Waals surface area (Å²) < 4.78 is 102. The van der Waals surface area contributed by atoms with E-state index in [1.165, 1.54) is 12.5 Å². The molecule has 0 aromatic rings. The van der Waals surface area contributed by atoms with Crippen molar-refractivity contribution in [2.75, 3.05) is 25.7 Å². The summed E-state index contributed by atoms with van der Waals surface area (Å²) in [7, 11) is -1.59. The molecule has 0 aromatic carbocycles. The van der Waals surface area contributed by atoms with Crippen LogP contribution in [0.1, 0.15) is 0 Å². The van der Waals surface area contributed by atoms with Gasteiger partial charge in [-0.2, -0.15) is 26.3 Å². The van der Waals surface area contributed by atoms with Crippen LogP contribution in [0.5, 0.6) is 0 Å². The normalized spacial score (nSPS) is 24.6. The maximum absolute atomic E-state index is 13.4. The smallest absolute Gasteiger partial charge is 0.427 e. The third-order valence-corrected chi connectivity index (χ3v) is 3.54. The number of carbonyl (C=O) groups is 1. The molecular weight excluding hydrogens is 349 g/mol. The van der Waals surface area contributed by atoms with Crippen LogP contribution in [0.25, 0.3) is 0 Å². The van der Waals surface area contributed by atoms with E-state index in [9.17, 15) is 35.5 Å². The number of hydrogen-bond donors (Lipinski definition) is 1. The van der Waals surface area contributed by atoms with Crippen LogP contribution in [0.2, 0.25) is 0 Å². The van der Waals surface area contributed by atoms with Crippen molar-refractivity contribution >= 4 is 17.1 Å². The molecule has 4 nitrogen and oxygen atoms in total. The molecule has 1 unspecified atom stereocenters. The first-order valence-electron chi connectivity index (χ1n) is 5.50. The van der Waals surface area contributed by atoms with Gasteiger partial charge < -0.3 is 14.2 Å². The zero-order valence-electron chi connectivity index (χ0n) is 11.1. The van der Waals surface area contributed by atoms with Gasteiger partial charge in [-0.05, 0) is 12.5 Å². The van der Waals surface area contributed by atoms with Crippen LogP contribution in [0, 0.1) is 0 Å². The molecule has 1 fully saturated rings. The summed E-state index contributed by atoms with van der Waals surface area (Å²) in [6.45, 7) is -3.20. The Balaban J connectivity index is 3.06. The maximum Gasteiger partial charge on any atom is 0.511 e. The van der Waals surface area contributed by atoms with Crippen molar-refractivity contribution < 1.29 is 49.7 Å². The van der Waals surface area contributed by atoms with Crippen LogP contribution >= 0.6 is 10.9 Å². The highest BCUT2D eigenvalue weighted by atomic mass is 32.2. The molecule has 1 atom stereocenters. The summed E-state index contributed by atoms with van der Waals surface area (Å²) in [5.41, 5.74) is 0. The molecule has 0 N–H and O–H groups in total. The molecule has 130 valence electrons. The highest BCUT2D eigenvalue weighted by Crippen LogP contribution is 2.48. The molecular formula is C10H11F7O4S. The van der Waals surface area contributed by atoms with Crippen LogP contribution in [-0.4, -0.2) is 49.8 Å². The molecule has 0 amide bonds. The third-order valence-electron chi connectivity index (χ3n) is 2.51. The summed E-state index contributed by atoms with van der Waals surface area (Å²) in [6, 6.07) is 0. The molecule has 0 radical (unpaired) electrons. The lowest BCUT2D eigenvalue weighted by Crippen LogP contribution is -2.60. The molecule has 0 aromatic heterocycles. The van der Waals surface area contributed by atoms with E-state index >= 15 is 0 Å². The summed E-state index contributed by atoms with van der Waals surface area (Å²) in [4.78, 5) is 10.7. The molecule has 1 rings (SSSR count). The van der Waals surface area contributed by atoms with Crippen LogP contribution in [0.15, 0.2) is 11.0 Å². The van der Waals surface area contributed by atoms with Gasteiger partial charge in [0.15, 0.2) is 17.6 Å². The van der Waals surface area contributed by atoms with Crippen LogP contribution in [0.4, 0.5) is 35.5 Å². The lowest BCUT2D eigenvalue weighted by Gasteiger charge is -2.33. The minimum absolute atomic E-state index is 1.28. The number of thiol groups is 1. The largest absolute Gasteiger partial charge is 0.511 e. The zero-order valence-corrected chi connectivity index (χ0v) is 12.0. The Hall–Kier alpha value is -1.17. The van der Waals surface area contributed by atoms with Gasteiger partial charge in [-0.15, -0.1) is 0 Å². The van der Waals surface area contributed by atoms with Crippen molar-refractivity contribution in [2.45, 2.75) is 17.9 Å². The maximum atomic E-state index is 13.4. The van der Waals surface area contributed by atoms with Crippen molar-refractivity contribution in [2.24, 2.45) is 0 Å². The summed E-state index contributed by atoms with van der Waals surface area (Å²) in [6.07, 6.45) is -5.45. The van der Waals surface area contributed by atoms with Crippen LogP contribution in [0.3, 0.4) is 0 Å². The van der Waals surface area contributed by atoms with E-state index in [1.807, 2.05) is 0 Å². The number of halogens is 7. The van der Waals surface area contributed by atoms with Crippen molar-refractivity contribution in [3.63, 3.8) is 0 Å². The summed E-state index contributed by atoms with van der Waals surface area (Å²) >= 11 is 0. The minimum atomic E-state index is -6.16. The van der Waals surface area contributed by atoms with E-state index < -0.39 is 59.1 Å². The molecule has 0 spiro atoms. The van der Waals surface area contributed by atoms with Gasteiger partial charge >= 0.3 is 24.0 Å². The van der Waals surface area contributed by atoms with Crippen LogP contribution in [-0.2, 0) is 14.2 Å². The average Bonchev–Trinajstić information content (AvgIpc) is 2.76. The van der Waals surface area contributed by atoms with Crippen molar-refractivity contribution in [1.82, 2.24) is 0 Å². The van der Waals surface area contributed by atoms with Crippen molar-refractivity contribution in [1.29, 1.82) is 0 Å². The number of alkyl halides is 5. The quantitative estimate of drug-likeness (QED) is 0.464. The molecule has 0 bridgehead atoms. The van der Waals surface area contributed by atoms with Gasteiger partial charge in [-0.25, -0.2) is 20.1 Å². The third kappa shape index (κ3) is 3.42. The zero-order chi connectivity index (χ0) is 17.3. The van der Waals surface area contributed by atoms with Gasteiger partial charge in [0.05, 0.1) is 0 Å². The number of cyclic esters (lactones) is 2. The van der Waals surface area contributed by atoms with Gasteiger partial charge in [0.25, 0.3) is 0 Å². The summed E-state index contributed by atoms with van der Waals surface area (Å²) in [5.74, 6) is -11.3. The molecule has 1 aliphatic heterocycles. The van der Waals surface area contributed by atoms with E-state index in [0.717, 1.165) is 0 Å². The predicted octanol–water partition coefficient (Wildman–Crippen LogP) is 3.43. The molecule has 0 saturated carbocycles. The van der Waals surface area contributed by atoms with E-state index in [2.05, 4.69) is 14.2 Å². The Morgan fingerprint density at radius 1 is 1.27 bits per heavy atom. The second-order valence-corrected chi connectivity index (χ2v) is 6.53. The highest BCUT2D eigenvalue weighted by Gasteiger charge is 2.76. The molecule has 1 aliphatic rings. The van der Waals surface area contributed by atoms with Gasteiger partial charge in [-0.3, -0.25) is 0 Å². The Bertz CT molecular complexity index is 476. The molecule has 0 aliphatic carbocycles. The predicted molar refractivity (Wildman–Crippen MR) is 62.2 cm³/mol. The van der Waals surface area contributed by atoms with E-state index in [0.29, 0.717) is 0 Å². The van der Waals surface area contributed by atoms with Gasteiger partial charge in [0.1, 0.15) is 6.61 Å². The average molecular weight is 360 g/mol. The van der Waals surface area contributed by atoms with Crippen molar-refractivity contribution in [3.05, 3.63) is 11.0 Å². The minimum Gasteiger partial charge on any atom is -0.427 e. The van der Waals surface area contributed by atoms with Crippen LogP contribution < -0.4 is 0 Å². The van der Waals surface area contributed by atoms with E-state index in [-0.39, 0.29) is 0 Å². The van der Waals surface area contributed by atoms with Gasteiger partial charge in [0, 0.05) is 0 Å². The number of hydrogen-bond acceptors (Lipinski definition) is 4. The topological polar surface area (TPSA) is 44.8 Å². The number of rotatable bonds is 5. The Morgan fingerprint density at radius 2 is 1.82 bits per heavy atom. The van der Waals surface area contributed by atoms with E-state index in [1.54, 1.807) is 0 Å². The first kappa shape index (κ1) is 18.9. The fourth-order valence-corrected chi connectivity index (χ4v) is 1.91. The molecule has 1 saturated heterocycles. The first-order valence-corrected chi connectivity index (χ1v) is 7.73. The monoisotopic (exact) mass is 360 g/mol. The fourth-order valence-electron chi connectivity index (χ4n) is 1.36. The van der Waals surface area contributed by atoms with Crippen molar-refractivity contribution in [3.8, 4) is 0 Å². The number of ether oxygens (including phenoxy) is 3. The first-order chi connectivity index (χ1) is 9.84. The standard InChI is InChI=1S/C10H11F7O4S/c1-22(2)6(12)5(11)3-20-8(4-19-7(18)21-8)9(13,14)10(15,16)17/h22H,3-4H2,1-2H3/b6-5-. The van der Waals surface area contributed by atoms with Gasteiger partial charge in [-0.1, -0.05) is 0 Å². The highest BCUT2D eigenvalue weighted by molar-refractivity contribution is 8.19. The fraction of sp³-hybridized carbons (Fsp3) is 0.700. The van der Waals surface area contributed by atoms with E-state index in [4.69, 9.17) is 0 Å². The molecule has 22 heavy (non-hydrogen) atoms. The molecule has 12 heteroatoms. The SMILES string of the molecule is C[SH](C)/C(F)=C(\F)COC1(C(F)(F)C(F)(F)F)COC(=O)O1. The number of carbonyl (C=O) groups excluding carboxylic acids is 1. The molecule has 1 heterocycles. The Morgan fingerprint density at radius 3 is 2.18 bits per heavy atom. The second-order valence-electron chi connectivity index (χ2n) is 4.34. The second kappa shape index (κ2) is 6.14. The lowest BCUT2D eigenvalue weighted by molar-refractivity contribution is -0.392. The Labute approximate surface area is 122 Å². The van der Waals surface area contributed by atoms with Gasteiger partial charge in [0.2, 0.25) is 0 Å². The lowest BCUT2D eigenvalue weighted by atomic mass is 10.1.